The van der Waals surface area contributed by atoms with Crippen LogP contribution in [-0.4, -0.2) is 48.3 Å². The zero-order valence-corrected chi connectivity index (χ0v) is 13.9. The molecule has 0 bridgehead atoms. The van der Waals surface area contributed by atoms with E-state index in [0.717, 1.165) is 6.07 Å². The molecule has 1 N–H and O–H groups in total. The van der Waals surface area contributed by atoms with Gasteiger partial charge in [0, 0.05) is 12.1 Å². The maximum atomic E-state index is 12.7. The molecule has 25 heavy (non-hydrogen) atoms. The van der Waals surface area contributed by atoms with Crippen molar-refractivity contribution in [2.24, 2.45) is 0 Å². The average molecular weight is 376 g/mol. The van der Waals surface area contributed by atoms with Crippen LogP contribution in [0.2, 0.25) is 0 Å². The molecular weight excluding hydrogens is 361 g/mol. The quantitative estimate of drug-likeness (QED) is 0.630. The molecule has 0 unspecified atom stereocenters. The minimum Gasteiger partial charge on any atom is -0.496 e. The molecule has 1 aliphatic heterocycles. The Bertz CT molecular complexity index is 681. The molecule has 0 spiro atoms. The van der Waals surface area contributed by atoms with Gasteiger partial charge in [0.1, 0.15) is 11.8 Å². The number of nitrogens with one attached hydrogen (secondary N) is 1. The molecule has 0 aliphatic carbocycles. The Labute approximate surface area is 145 Å². The molecule has 0 radical (unpaired) electrons. The van der Waals surface area contributed by atoms with Gasteiger partial charge in [0.25, 0.3) is 5.91 Å². The van der Waals surface area contributed by atoms with Crippen LogP contribution in [-0.2, 0) is 9.59 Å². The van der Waals surface area contributed by atoms with E-state index >= 15 is 0 Å². The van der Waals surface area contributed by atoms with E-state index in [-0.39, 0.29) is 40.9 Å². The van der Waals surface area contributed by atoms with E-state index in [1.807, 2.05) is 5.32 Å². The predicted octanol–water partition coefficient (Wildman–Crippen LogP) is 2.18. The number of rotatable bonds is 5. The van der Waals surface area contributed by atoms with Gasteiger partial charge in [-0.3, -0.25) is 19.7 Å². The van der Waals surface area contributed by atoms with E-state index in [4.69, 9.17) is 4.74 Å². The number of carbonyl (C=O) groups is 3. The van der Waals surface area contributed by atoms with Gasteiger partial charge in [-0.25, -0.2) is 0 Å². The Morgan fingerprint density at radius 3 is 2.72 bits per heavy atom. The Hall–Kier alpha value is -2.23. The first kappa shape index (κ1) is 19.1. The number of benzene rings is 1. The molecule has 1 atom stereocenters. The van der Waals surface area contributed by atoms with Crippen molar-refractivity contribution in [1.82, 2.24) is 10.2 Å². The second-order valence-corrected chi connectivity index (χ2v) is 6.30. The number of amides is 3. The zero-order valence-electron chi connectivity index (χ0n) is 13.1. The number of halogens is 3. The maximum absolute atomic E-state index is 12.7. The van der Waals surface area contributed by atoms with E-state index in [1.54, 1.807) is 0 Å². The Morgan fingerprint density at radius 1 is 1.40 bits per heavy atom. The van der Waals surface area contributed by atoms with Crippen LogP contribution >= 0.6 is 11.8 Å². The number of hydrogen-bond acceptors (Lipinski definition) is 5. The van der Waals surface area contributed by atoms with E-state index in [9.17, 15) is 27.6 Å². The number of alkyl halides is 3. The lowest BCUT2D eigenvalue weighted by atomic mass is 10.1. The third-order valence-electron chi connectivity index (χ3n) is 3.65. The second-order valence-electron chi connectivity index (χ2n) is 5.20. The van der Waals surface area contributed by atoms with Gasteiger partial charge < -0.3 is 9.64 Å². The standard InChI is InChI=1S/C15H15F3N2O4S/c1-24-11-5-4-9(7-12(11)25-15(16,17)18)14(23)20-6-2-3-10(20)13(22)19-8-21/h4-5,7-8,10H,2-3,6H2,1H3,(H,19,21,22)/t10-/m1/s1. The van der Waals surface area contributed by atoms with Crippen LogP contribution in [0.3, 0.4) is 0 Å². The van der Waals surface area contributed by atoms with Gasteiger partial charge in [-0.2, -0.15) is 13.2 Å². The van der Waals surface area contributed by atoms with E-state index in [2.05, 4.69) is 0 Å². The first-order chi connectivity index (χ1) is 11.8. The van der Waals surface area contributed by atoms with Crippen LogP contribution in [0, 0.1) is 0 Å². The van der Waals surface area contributed by atoms with Crippen molar-refractivity contribution in [3.63, 3.8) is 0 Å². The third-order valence-corrected chi connectivity index (χ3v) is 4.42. The summed E-state index contributed by atoms with van der Waals surface area (Å²) in [5, 5.41) is 2.00. The van der Waals surface area contributed by atoms with Gasteiger partial charge in [-0.1, -0.05) is 0 Å². The maximum Gasteiger partial charge on any atom is 0.446 e. The van der Waals surface area contributed by atoms with Gasteiger partial charge in [0.15, 0.2) is 0 Å². The fourth-order valence-corrected chi connectivity index (χ4v) is 3.30. The highest BCUT2D eigenvalue weighted by atomic mass is 32.2. The number of nitrogens with zero attached hydrogens (tertiary/aromatic N) is 1. The molecule has 0 aromatic heterocycles. The monoisotopic (exact) mass is 376 g/mol. The largest absolute Gasteiger partial charge is 0.496 e. The van der Waals surface area contributed by atoms with Gasteiger partial charge in [0.2, 0.25) is 12.3 Å². The van der Waals surface area contributed by atoms with E-state index in [1.165, 1.54) is 24.1 Å². The summed E-state index contributed by atoms with van der Waals surface area (Å²) in [6.45, 7) is 0.281. The lowest BCUT2D eigenvalue weighted by Crippen LogP contribution is -2.45. The molecule has 136 valence electrons. The van der Waals surface area contributed by atoms with Crippen LogP contribution in [0.5, 0.6) is 5.75 Å². The van der Waals surface area contributed by atoms with Crippen LogP contribution in [0.25, 0.3) is 0 Å². The van der Waals surface area contributed by atoms with Crippen molar-refractivity contribution in [1.29, 1.82) is 0 Å². The third kappa shape index (κ3) is 4.65. The van der Waals surface area contributed by atoms with Crippen LogP contribution in [0.1, 0.15) is 23.2 Å². The Balaban J connectivity index is 2.28. The van der Waals surface area contributed by atoms with Crippen molar-refractivity contribution in [2.45, 2.75) is 29.3 Å². The molecular formula is C15H15F3N2O4S. The van der Waals surface area contributed by atoms with Gasteiger partial charge in [-0.15, -0.1) is 0 Å². The molecule has 3 amide bonds. The smallest absolute Gasteiger partial charge is 0.446 e. The van der Waals surface area contributed by atoms with E-state index in [0.29, 0.717) is 12.8 Å². The summed E-state index contributed by atoms with van der Waals surface area (Å²) in [6.07, 6.45) is 1.17. The first-order valence-corrected chi connectivity index (χ1v) is 8.07. The zero-order chi connectivity index (χ0) is 18.6. The Morgan fingerprint density at radius 2 is 2.12 bits per heavy atom. The minimum absolute atomic E-state index is 0.00413. The normalized spacial score (nSPS) is 17.3. The molecule has 1 aromatic carbocycles. The molecule has 1 aromatic rings. The lowest BCUT2D eigenvalue weighted by molar-refractivity contribution is -0.128. The van der Waals surface area contributed by atoms with Gasteiger partial charge in [-0.05, 0) is 42.8 Å². The van der Waals surface area contributed by atoms with Crippen molar-refractivity contribution in [3.8, 4) is 5.75 Å². The predicted molar refractivity (Wildman–Crippen MR) is 83.2 cm³/mol. The topological polar surface area (TPSA) is 75.7 Å². The van der Waals surface area contributed by atoms with E-state index < -0.39 is 23.4 Å². The summed E-state index contributed by atoms with van der Waals surface area (Å²) in [5.41, 5.74) is -4.52. The highest BCUT2D eigenvalue weighted by Crippen LogP contribution is 2.42. The molecule has 1 heterocycles. The van der Waals surface area contributed by atoms with Crippen molar-refractivity contribution >= 4 is 30.0 Å². The number of ether oxygens (including phenoxy) is 1. The molecule has 10 heteroatoms. The molecule has 1 aliphatic rings. The van der Waals surface area contributed by atoms with Gasteiger partial charge >= 0.3 is 5.51 Å². The summed E-state index contributed by atoms with van der Waals surface area (Å²) in [7, 11) is 1.23. The summed E-state index contributed by atoms with van der Waals surface area (Å²) >= 11 is -0.380. The summed E-state index contributed by atoms with van der Waals surface area (Å²) in [6, 6.07) is 2.89. The number of carbonyl (C=O) groups excluding carboxylic acids is 3. The summed E-state index contributed by atoms with van der Waals surface area (Å²) in [5.74, 6) is -1.19. The summed E-state index contributed by atoms with van der Waals surface area (Å²) < 4.78 is 42.9. The van der Waals surface area contributed by atoms with Crippen molar-refractivity contribution in [2.75, 3.05) is 13.7 Å². The van der Waals surface area contributed by atoms with Crippen molar-refractivity contribution in [3.05, 3.63) is 23.8 Å². The molecule has 0 saturated carbocycles. The first-order valence-electron chi connectivity index (χ1n) is 7.25. The average Bonchev–Trinajstić information content (AvgIpc) is 3.02. The number of hydrogen-bond donors (Lipinski definition) is 1. The highest BCUT2D eigenvalue weighted by Gasteiger charge is 2.35. The van der Waals surface area contributed by atoms with Crippen molar-refractivity contribution < 1.29 is 32.3 Å². The van der Waals surface area contributed by atoms with Crippen LogP contribution < -0.4 is 10.1 Å². The SMILES string of the molecule is COc1ccc(C(=O)N2CCC[C@@H]2C(=O)NC=O)cc1SC(F)(F)F. The minimum atomic E-state index is -4.53. The van der Waals surface area contributed by atoms with Crippen LogP contribution in [0.4, 0.5) is 13.2 Å². The van der Waals surface area contributed by atoms with Crippen LogP contribution in [0.15, 0.2) is 23.1 Å². The lowest BCUT2D eigenvalue weighted by Gasteiger charge is -2.23. The fourth-order valence-electron chi connectivity index (χ4n) is 2.62. The molecule has 6 nitrogen and oxygen atoms in total. The molecule has 1 fully saturated rings. The highest BCUT2D eigenvalue weighted by molar-refractivity contribution is 8.00. The molecule has 2 rings (SSSR count). The Kier molecular flexibility index (Phi) is 5.93. The molecule has 1 saturated heterocycles. The number of imide groups is 1. The second kappa shape index (κ2) is 7.77. The van der Waals surface area contributed by atoms with Gasteiger partial charge in [0.05, 0.1) is 12.0 Å². The number of methoxy groups -OCH3 is 1. The number of thioether (sulfide) groups is 1. The number of likely N-dealkylation sites (tertiary alicyclic amines) is 1. The summed E-state index contributed by atoms with van der Waals surface area (Å²) in [4.78, 5) is 35.9. The fraction of sp³-hybridized carbons (Fsp3) is 0.400.